The first kappa shape index (κ1) is 20.4. The highest BCUT2D eigenvalue weighted by Crippen LogP contribution is 2.27. The number of methoxy groups -OCH3 is 3. The van der Waals surface area contributed by atoms with Crippen LogP contribution in [0.1, 0.15) is 18.1 Å². The topological polar surface area (TPSA) is 64.1 Å². The lowest BCUT2D eigenvalue weighted by Gasteiger charge is -2.13. The third kappa shape index (κ3) is 6.40. The van der Waals surface area contributed by atoms with E-state index in [1.165, 1.54) is 5.56 Å². The first-order valence-electron chi connectivity index (χ1n) is 9.06. The molecule has 146 valence electrons. The highest BCUT2D eigenvalue weighted by atomic mass is 16.5. The molecule has 0 aliphatic rings. The van der Waals surface area contributed by atoms with Crippen LogP contribution < -0.4 is 24.8 Å². The van der Waals surface area contributed by atoms with Gasteiger partial charge in [-0.05, 0) is 48.7 Å². The van der Waals surface area contributed by atoms with Crippen molar-refractivity contribution in [2.45, 2.75) is 19.9 Å². The number of rotatable bonds is 9. The fourth-order valence-electron chi connectivity index (χ4n) is 2.60. The van der Waals surface area contributed by atoms with E-state index in [1.54, 1.807) is 21.3 Å². The van der Waals surface area contributed by atoms with E-state index in [0.29, 0.717) is 6.54 Å². The highest BCUT2D eigenvalue weighted by Gasteiger charge is 2.05. The normalized spacial score (nSPS) is 11.0. The molecule has 0 saturated heterocycles. The van der Waals surface area contributed by atoms with E-state index in [2.05, 4.69) is 22.5 Å². The van der Waals surface area contributed by atoms with E-state index < -0.39 is 0 Å². The van der Waals surface area contributed by atoms with Crippen LogP contribution in [-0.2, 0) is 13.0 Å². The van der Waals surface area contributed by atoms with Gasteiger partial charge >= 0.3 is 0 Å². The van der Waals surface area contributed by atoms with E-state index in [-0.39, 0.29) is 0 Å². The van der Waals surface area contributed by atoms with Gasteiger partial charge in [-0.25, -0.2) is 4.99 Å². The molecule has 0 radical (unpaired) electrons. The van der Waals surface area contributed by atoms with Crippen molar-refractivity contribution < 1.29 is 14.2 Å². The lowest BCUT2D eigenvalue weighted by Crippen LogP contribution is -2.38. The van der Waals surface area contributed by atoms with Crippen LogP contribution in [0.15, 0.2) is 47.5 Å². The molecule has 0 fully saturated rings. The lowest BCUT2D eigenvalue weighted by molar-refractivity contribution is 0.354. The Labute approximate surface area is 161 Å². The van der Waals surface area contributed by atoms with E-state index >= 15 is 0 Å². The average molecular weight is 371 g/mol. The van der Waals surface area contributed by atoms with E-state index in [0.717, 1.165) is 48.3 Å². The highest BCUT2D eigenvalue weighted by molar-refractivity contribution is 5.79. The average Bonchev–Trinajstić information content (AvgIpc) is 2.72. The first-order valence-corrected chi connectivity index (χ1v) is 9.06. The Morgan fingerprint density at radius 1 is 0.852 bits per heavy atom. The molecule has 0 saturated carbocycles. The summed E-state index contributed by atoms with van der Waals surface area (Å²) in [6.45, 7) is 4.24. The van der Waals surface area contributed by atoms with Crippen molar-refractivity contribution in [2.24, 2.45) is 4.99 Å². The second-order valence-electron chi connectivity index (χ2n) is 5.91. The molecule has 0 aromatic heterocycles. The number of nitrogens with zero attached hydrogens (tertiary/aromatic N) is 1. The summed E-state index contributed by atoms with van der Waals surface area (Å²) in [4.78, 5) is 4.64. The molecule has 0 spiro atoms. The summed E-state index contributed by atoms with van der Waals surface area (Å²) in [5, 5.41) is 6.64. The molecule has 0 heterocycles. The number of hydrogen-bond donors (Lipinski definition) is 2. The van der Waals surface area contributed by atoms with Gasteiger partial charge in [-0.15, -0.1) is 0 Å². The van der Waals surface area contributed by atoms with Crippen LogP contribution in [0.2, 0.25) is 0 Å². The number of hydrogen-bond acceptors (Lipinski definition) is 4. The van der Waals surface area contributed by atoms with E-state index in [4.69, 9.17) is 14.2 Å². The van der Waals surface area contributed by atoms with Gasteiger partial charge in [0.15, 0.2) is 17.5 Å². The van der Waals surface area contributed by atoms with Crippen LogP contribution in [0.25, 0.3) is 0 Å². The van der Waals surface area contributed by atoms with Gasteiger partial charge in [-0.1, -0.05) is 18.2 Å². The minimum atomic E-state index is 0.607. The number of benzene rings is 2. The molecule has 2 aromatic carbocycles. The Morgan fingerprint density at radius 2 is 1.56 bits per heavy atom. The quantitative estimate of drug-likeness (QED) is 0.524. The molecule has 0 atom stereocenters. The van der Waals surface area contributed by atoms with Gasteiger partial charge in [0.25, 0.3) is 0 Å². The molecule has 6 heteroatoms. The number of nitrogens with one attached hydrogen (secondary N) is 2. The SMILES string of the molecule is CCNC(=NCc1ccc(OC)cc1)NCCc1ccc(OC)c(OC)c1. The number of aliphatic imine (C=N–C) groups is 1. The molecule has 0 unspecified atom stereocenters. The van der Waals surface area contributed by atoms with Gasteiger partial charge in [0, 0.05) is 13.1 Å². The standard InChI is InChI=1S/C21H29N3O3/c1-5-22-21(24-15-17-6-9-18(25-2)10-7-17)23-13-12-16-8-11-19(26-3)20(14-16)27-4/h6-11,14H,5,12-13,15H2,1-4H3,(H2,22,23,24). The summed E-state index contributed by atoms with van der Waals surface area (Å²) >= 11 is 0. The van der Waals surface area contributed by atoms with Crippen LogP contribution in [0.5, 0.6) is 17.2 Å². The zero-order valence-corrected chi connectivity index (χ0v) is 16.5. The third-order valence-corrected chi connectivity index (χ3v) is 4.08. The van der Waals surface area contributed by atoms with Gasteiger partial charge < -0.3 is 24.8 Å². The molecule has 2 aromatic rings. The van der Waals surface area contributed by atoms with Crippen LogP contribution >= 0.6 is 0 Å². The molecule has 0 aliphatic carbocycles. The largest absolute Gasteiger partial charge is 0.497 e. The van der Waals surface area contributed by atoms with E-state index in [9.17, 15) is 0 Å². The molecule has 0 bridgehead atoms. The summed E-state index contributed by atoms with van der Waals surface area (Å²) in [6, 6.07) is 13.9. The Bertz CT molecular complexity index is 730. The summed E-state index contributed by atoms with van der Waals surface area (Å²) in [6.07, 6.45) is 0.854. The molecular weight excluding hydrogens is 342 g/mol. The predicted molar refractivity (Wildman–Crippen MR) is 109 cm³/mol. The zero-order valence-electron chi connectivity index (χ0n) is 16.5. The summed E-state index contributed by atoms with van der Waals surface area (Å²) in [5.41, 5.74) is 2.30. The van der Waals surface area contributed by atoms with E-state index in [1.807, 2.05) is 42.5 Å². The van der Waals surface area contributed by atoms with Crippen molar-refractivity contribution in [3.63, 3.8) is 0 Å². The van der Waals surface area contributed by atoms with Crippen molar-refractivity contribution in [1.29, 1.82) is 0 Å². The maximum absolute atomic E-state index is 5.36. The summed E-state index contributed by atoms with van der Waals surface area (Å²) in [5.74, 6) is 3.13. The van der Waals surface area contributed by atoms with Crippen molar-refractivity contribution >= 4 is 5.96 Å². The second-order valence-corrected chi connectivity index (χ2v) is 5.91. The van der Waals surface area contributed by atoms with Gasteiger partial charge in [0.2, 0.25) is 0 Å². The molecule has 2 rings (SSSR count). The summed E-state index contributed by atoms with van der Waals surface area (Å²) < 4.78 is 15.8. The molecule has 0 amide bonds. The third-order valence-electron chi connectivity index (χ3n) is 4.08. The van der Waals surface area contributed by atoms with Crippen LogP contribution in [0.4, 0.5) is 0 Å². The number of guanidine groups is 1. The Morgan fingerprint density at radius 3 is 2.19 bits per heavy atom. The lowest BCUT2D eigenvalue weighted by atomic mass is 10.1. The molecule has 27 heavy (non-hydrogen) atoms. The van der Waals surface area contributed by atoms with Crippen molar-refractivity contribution in [3.8, 4) is 17.2 Å². The minimum absolute atomic E-state index is 0.607. The monoisotopic (exact) mass is 371 g/mol. The van der Waals surface area contributed by atoms with Crippen molar-refractivity contribution in [3.05, 3.63) is 53.6 Å². The fourth-order valence-corrected chi connectivity index (χ4v) is 2.60. The second kappa shape index (κ2) is 11.0. The molecule has 6 nitrogen and oxygen atoms in total. The molecule has 2 N–H and O–H groups in total. The van der Waals surface area contributed by atoms with Crippen LogP contribution in [0, 0.1) is 0 Å². The fraction of sp³-hybridized carbons (Fsp3) is 0.381. The van der Waals surface area contributed by atoms with Gasteiger partial charge in [0.1, 0.15) is 5.75 Å². The Kier molecular flexibility index (Phi) is 8.29. The molecule has 0 aliphatic heterocycles. The Balaban J connectivity index is 1.91. The smallest absolute Gasteiger partial charge is 0.191 e. The molecular formula is C21H29N3O3. The maximum Gasteiger partial charge on any atom is 0.191 e. The van der Waals surface area contributed by atoms with Crippen molar-refractivity contribution in [1.82, 2.24) is 10.6 Å². The van der Waals surface area contributed by atoms with Gasteiger partial charge in [0.05, 0.1) is 27.9 Å². The number of ether oxygens (including phenoxy) is 3. The van der Waals surface area contributed by atoms with Gasteiger partial charge in [-0.3, -0.25) is 0 Å². The predicted octanol–water partition coefficient (Wildman–Crippen LogP) is 3.01. The first-order chi connectivity index (χ1) is 13.2. The summed E-state index contributed by atoms with van der Waals surface area (Å²) in [7, 11) is 4.95. The Hall–Kier alpha value is -2.89. The maximum atomic E-state index is 5.36. The van der Waals surface area contributed by atoms with Crippen molar-refractivity contribution in [2.75, 3.05) is 34.4 Å². The zero-order chi connectivity index (χ0) is 19.5. The van der Waals surface area contributed by atoms with Crippen LogP contribution in [0.3, 0.4) is 0 Å². The van der Waals surface area contributed by atoms with Gasteiger partial charge in [-0.2, -0.15) is 0 Å². The minimum Gasteiger partial charge on any atom is -0.497 e. The van der Waals surface area contributed by atoms with Crippen LogP contribution in [-0.4, -0.2) is 40.4 Å².